The van der Waals surface area contributed by atoms with Crippen molar-refractivity contribution in [3.63, 3.8) is 0 Å². The molecule has 0 aliphatic rings. The first-order chi connectivity index (χ1) is 10.7. The first-order valence-electron chi connectivity index (χ1n) is 6.79. The van der Waals surface area contributed by atoms with E-state index in [1.54, 1.807) is 13.3 Å². The molecule has 2 rings (SSSR count). The summed E-state index contributed by atoms with van der Waals surface area (Å²) in [7, 11) is 3.09. The van der Waals surface area contributed by atoms with Gasteiger partial charge in [0.25, 0.3) is 5.91 Å². The first kappa shape index (κ1) is 15.7. The van der Waals surface area contributed by atoms with Crippen LogP contribution in [-0.2, 0) is 9.53 Å². The molecule has 1 amide bonds. The lowest BCUT2D eigenvalue weighted by Gasteiger charge is -2.13. The summed E-state index contributed by atoms with van der Waals surface area (Å²) >= 11 is 0. The average Bonchev–Trinajstić information content (AvgIpc) is 2.57. The minimum atomic E-state index is -0.691. The molecule has 0 heterocycles. The van der Waals surface area contributed by atoms with Gasteiger partial charge in [0.2, 0.25) is 0 Å². The highest BCUT2D eigenvalue weighted by Crippen LogP contribution is 2.16. The molecule has 1 N–H and O–H groups in total. The van der Waals surface area contributed by atoms with Gasteiger partial charge in [0.15, 0.2) is 6.10 Å². The number of benzene rings is 2. The predicted octanol–water partition coefficient (Wildman–Crippen LogP) is 2.53. The zero-order valence-electron chi connectivity index (χ0n) is 12.5. The van der Waals surface area contributed by atoms with E-state index in [0.29, 0.717) is 0 Å². The van der Waals surface area contributed by atoms with Gasteiger partial charge in [-0.2, -0.15) is 5.10 Å². The molecule has 0 unspecified atom stereocenters. The minimum absolute atomic E-state index is 0.326. The average molecular weight is 298 g/mol. The fourth-order valence-corrected chi connectivity index (χ4v) is 1.97. The monoisotopic (exact) mass is 298 g/mol. The predicted molar refractivity (Wildman–Crippen MR) is 84.9 cm³/mol. The summed E-state index contributed by atoms with van der Waals surface area (Å²) in [5.41, 5.74) is 4.09. The van der Waals surface area contributed by atoms with Crippen molar-refractivity contribution in [2.75, 3.05) is 14.2 Å². The highest BCUT2D eigenvalue weighted by Gasteiger charge is 2.18. The maximum absolute atomic E-state index is 12.1. The van der Waals surface area contributed by atoms with E-state index in [4.69, 9.17) is 9.47 Å². The molecule has 5 nitrogen and oxygen atoms in total. The molecule has 0 spiro atoms. The number of carbonyl (C=O) groups is 1. The maximum Gasteiger partial charge on any atom is 0.273 e. The number of nitrogens with one attached hydrogen (secondary N) is 1. The number of methoxy groups -OCH3 is 2. The van der Waals surface area contributed by atoms with Gasteiger partial charge in [0.05, 0.1) is 13.3 Å². The summed E-state index contributed by atoms with van der Waals surface area (Å²) in [5.74, 6) is 0.405. The zero-order valence-corrected chi connectivity index (χ0v) is 12.5. The molecule has 2 aromatic rings. The standard InChI is InChI=1S/C17H18N2O3/c1-21-15-10-6-7-13(11-15)12-18-19-17(20)16(22-2)14-8-4-3-5-9-14/h3-12,16H,1-2H3,(H,19,20)/b18-12-/t16-/m0/s1. The van der Waals surface area contributed by atoms with Crippen molar-refractivity contribution in [3.05, 3.63) is 65.7 Å². The molecule has 0 saturated heterocycles. The van der Waals surface area contributed by atoms with E-state index in [-0.39, 0.29) is 5.91 Å². The number of rotatable bonds is 6. The van der Waals surface area contributed by atoms with Crippen LogP contribution < -0.4 is 10.2 Å². The van der Waals surface area contributed by atoms with Gasteiger partial charge >= 0.3 is 0 Å². The molecule has 0 saturated carbocycles. The molecule has 0 fully saturated rings. The molecule has 0 radical (unpaired) electrons. The summed E-state index contributed by atoms with van der Waals surface area (Å²) in [5, 5.41) is 3.95. The highest BCUT2D eigenvalue weighted by atomic mass is 16.5. The Bertz CT molecular complexity index is 641. The van der Waals surface area contributed by atoms with Crippen LogP contribution in [0.25, 0.3) is 0 Å². The van der Waals surface area contributed by atoms with Gasteiger partial charge in [-0.1, -0.05) is 42.5 Å². The van der Waals surface area contributed by atoms with Gasteiger partial charge in [0.1, 0.15) is 5.75 Å². The lowest BCUT2D eigenvalue weighted by atomic mass is 10.1. The van der Waals surface area contributed by atoms with Crippen LogP contribution in [0.5, 0.6) is 5.75 Å². The van der Waals surface area contributed by atoms with E-state index in [1.165, 1.54) is 7.11 Å². The van der Waals surface area contributed by atoms with Crippen LogP contribution in [0, 0.1) is 0 Å². The van der Waals surface area contributed by atoms with Gasteiger partial charge in [-0.15, -0.1) is 0 Å². The number of amides is 1. The molecular weight excluding hydrogens is 280 g/mol. The van der Waals surface area contributed by atoms with Gasteiger partial charge in [0, 0.05) is 7.11 Å². The van der Waals surface area contributed by atoms with E-state index >= 15 is 0 Å². The summed E-state index contributed by atoms with van der Waals surface area (Å²) in [6, 6.07) is 16.6. The second kappa shape index (κ2) is 7.95. The van der Waals surface area contributed by atoms with E-state index in [1.807, 2.05) is 54.6 Å². The molecular formula is C17H18N2O3. The van der Waals surface area contributed by atoms with E-state index in [0.717, 1.165) is 16.9 Å². The van der Waals surface area contributed by atoms with Crippen molar-refractivity contribution in [3.8, 4) is 5.75 Å². The molecule has 0 aromatic heterocycles. The third kappa shape index (κ3) is 4.17. The summed E-state index contributed by atoms with van der Waals surface area (Å²) in [4.78, 5) is 12.1. The van der Waals surface area contributed by atoms with Crippen molar-refractivity contribution < 1.29 is 14.3 Å². The molecule has 114 valence electrons. The quantitative estimate of drug-likeness (QED) is 0.658. The Balaban J connectivity index is 2.00. The van der Waals surface area contributed by atoms with Crippen LogP contribution in [0.1, 0.15) is 17.2 Å². The van der Waals surface area contributed by atoms with Crippen LogP contribution in [0.2, 0.25) is 0 Å². The lowest BCUT2D eigenvalue weighted by molar-refractivity contribution is -0.131. The second-order valence-corrected chi connectivity index (χ2v) is 4.54. The molecule has 1 atom stereocenters. The number of nitrogens with zero attached hydrogens (tertiary/aromatic N) is 1. The summed E-state index contributed by atoms with van der Waals surface area (Å²) in [6.07, 6.45) is 0.863. The van der Waals surface area contributed by atoms with E-state index in [2.05, 4.69) is 10.5 Å². The Kier molecular flexibility index (Phi) is 5.68. The number of ether oxygens (including phenoxy) is 2. The van der Waals surface area contributed by atoms with Crippen LogP contribution in [0.15, 0.2) is 59.7 Å². The van der Waals surface area contributed by atoms with Crippen molar-refractivity contribution in [2.24, 2.45) is 5.10 Å². The number of carbonyl (C=O) groups excluding carboxylic acids is 1. The second-order valence-electron chi connectivity index (χ2n) is 4.54. The van der Waals surface area contributed by atoms with Crippen molar-refractivity contribution >= 4 is 12.1 Å². The van der Waals surface area contributed by atoms with E-state index < -0.39 is 6.10 Å². The van der Waals surface area contributed by atoms with Gasteiger partial charge in [-0.25, -0.2) is 5.43 Å². The van der Waals surface area contributed by atoms with Crippen molar-refractivity contribution in [2.45, 2.75) is 6.10 Å². The number of hydrogen-bond acceptors (Lipinski definition) is 4. The summed E-state index contributed by atoms with van der Waals surface area (Å²) < 4.78 is 10.4. The van der Waals surface area contributed by atoms with Crippen molar-refractivity contribution in [1.82, 2.24) is 5.43 Å². The molecule has 22 heavy (non-hydrogen) atoms. The van der Waals surface area contributed by atoms with Crippen LogP contribution >= 0.6 is 0 Å². The number of hydrazone groups is 1. The lowest BCUT2D eigenvalue weighted by Crippen LogP contribution is -2.26. The highest BCUT2D eigenvalue weighted by molar-refractivity contribution is 5.85. The number of hydrogen-bond donors (Lipinski definition) is 1. The first-order valence-corrected chi connectivity index (χ1v) is 6.79. The molecule has 0 bridgehead atoms. The Hall–Kier alpha value is -2.66. The topological polar surface area (TPSA) is 59.9 Å². The fourth-order valence-electron chi connectivity index (χ4n) is 1.97. The van der Waals surface area contributed by atoms with Crippen LogP contribution in [-0.4, -0.2) is 26.3 Å². The van der Waals surface area contributed by atoms with Gasteiger partial charge in [-0.3, -0.25) is 4.79 Å². The fraction of sp³-hybridized carbons (Fsp3) is 0.176. The van der Waals surface area contributed by atoms with Crippen molar-refractivity contribution in [1.29, 1.82) is 0 Å². The van der Waals surface area contributed by atoms with Crippen LogP contribution in [0.3, 0.4) is 0 Å². The Morgan fingerprint density at radius 2 is 1.91 bits per heavy atom. The SMILES string of the molecule is COc1cccc(/C=N\NC(=O)[C@@H](OC)c2ccccc2)c1. The Morgan fingerprint density at radius 3 is 2.59 bits per heavy atom. The maximum atomic E-state index is 12.1. The molecule has 0 aliphatic heterocycles. The Labute approximate surface area is 129 Å². The minimum Gasteiger partial charge on any atom is -0.497 e. The molecule has 0 aliphatic carbocycles. The van der Waals surface area contributed by atoms with Crippen LogP contribution in [0.4, 0.5) is 0 Å². The van der Waals surface area contributed by atoms with Gasteiger partial charge < -0.3 is 9.47 Å². The normalized spacial score (nSPS) is 12.1. The molecule has 2 aromatic carbocycles. The smallest absolute Gasteiger partial charge is 0.273 e. The van der Waals surface area contributed by atoms with Gasteiger partial charge in [-0.05, 0) is 23.3 Å². The summed E-state index contributed by atoms with van der Waals surface area (Å²) in [6.45, 7) is 0. The zero-order chi connectivity index (χ0) is 15.8. The van der Waals surface area contributed by atoms with E-state index in [9.17, 15) is 4.79 Å². The Morgan fingerprint density at radius 1 is 1.14 bits per heavy atom. The third-order valence-electron chi connectivity index (χ3n) is 3.06. The largest absolute Gasteiger partial charge is 0.497 e. The third-order valence-corrected chi connectivity index (χ3v) is 3.06. The molecule has 5 heteroatoms.